The molecule has 0 aliphatic heterocycles. The third kappa shape index (κ3) is 3.76. The number of hydrogen-bond acceptors (Lipinski definition) is 7. The molecule has 0 atom stereocenters. The zero-order chi connectivity index (χ0) is 19.7. The first-order valence-corrected chi connectivity index (χ1v) is 11.7. The molecule has 0 saturated heterocycles. The van der Waals surface area contributed by atoms with Crippen LogP contribution in [-0.4, -0.2) is 35.3 Å². The minimum absolute atomic E-state index is 0.104. The smallest absolute Gasteiger partial charge is 0.240 e. The van der Waals surface area contributed by atoms with Gasteiger partial charge in [-0.25, -0.2) is 17.7 Å². The minimum Gasteiger partial charge on any atom is -0.295 e. The van der Waals surface area contributed by atoms with Gasteiger partial charge in [0.25, 0.3) is 0 Å². The van der Waals surface area contributed by atoms with Gasteiger partial charge in [0.1, 0.15) is 0 Å². The van der Waals surface area contributed by atoms with Crippen LogP contribution in [0.5, 0.6) is 0 Å². The Bertz CT molecular complexity index is 1220. The molecule has 3 heterocycles. The van der Waals surface area contributed by atoms with Crippen LogP contribution >= 0.6 is 22.7 Å². The van der Waals surface area contributed by atoms with Crippen molar-refractivity contribution >= 4 is 43.4 Å². The van der Waals surface area contributed by atoms with Crippen molar-refractivity contribution in [2.24, 2.45) is 0 Å². The van der Waals surface area contributed by atoms with Gasteiger partial charge in [0, 0.05) is 23.9 Å². The summed E-state index contributed by atoms with van der Waals surface area (Å²) in [6, 6.07) is 9.82. The molecule has 4 aromatic rings. The lowest BCUT2D eigenvalue weighted by molar-refractivity contribution is 0.101. The molecule has 3 aromatic heterocycles. The number of carbonyl (C=O) groups excluding carboxylic acids is 1. The Morgan fingerprint density at radius 2 is 1.96 bits per heavy atom. The lowest BCUT2D eigenvalue weighted by Crippen LogP contribution is -2.26. The summed E-state index contributed by atoms with van der Waals surface area (Å²) in [5.74, 6) is 0.572. The van der Waals surface area contributed by atoms with Gasteiger partial charge in [0.2, 0.25) is 15.0 Å². The molecule has 144 valence electrons. The first-order valence-electron chi connectivity index (χ1n) is 8.42. The Morgan fingerprint density at radius 1 is 1.18 bits per heavy atom. The van der Waals surface area contributed by atoms with Crippen LogP contribution in [-0.2, 0) is 16.4 Å². The molecule has 10 heteroatoms. The second-order valence-corrected chi connectivity index (χ2v) is 9.61. The standard InChI is InChI=1S/C18H16N4O3S3/c1-12(23)13-4-6-15(7-5-13)28(24,25)19-9-8-14-11-27-18-20-17(21-22(14)18)16-3-2-10-26-16/h2-7,10-11,19H,8-9H2,1H3. The van der Waals surface area contributed by atoms with Crippen LogP contribution in [0.4, 0.5) is 0 Å². The maximum absolute atomic E-state index is 12.4. The fraction of sp³-hybridized carbons (Fsp3) is 0.167. The summed E-state index contributed by atoms with van der Waals surface area (Å²) in [4.78, 5) is 17.7. The number of fused-ring (bicyclic) bond motifs is 1. The van der Waals surface area contributed by atoms with Gasteiger partial charge in [-0.1, -0.05) is 18.2 Å². The number of aromatic nitrogens is 3. The Balaban J connectivity index is 1.45. The summed E-state index contributed by atoms with van der Waals surface area (Å²) < 4.78 is 29.2. The highest BCUT2D eigenvalue weighted by Gasteiger charge is 2.16. The molecule has 28 heavy (non-hydrogen) atoms. The highest BCUT2D eigenvalue weighted by Crippen LogP contribution is 2.24. The fourth-order valence-corrected chi connectivity index (χ4v) is 5.21. The van der Waals surface area contributed by atoms with E-state index in [1.807, 2.05) is 22.9 Å². The molecular weight excluding hydrogens is 416 g/mol. The maximum Gasteiger partial charge on any atom is 0.240 e. The van der Waals surface area contributed by atoms with Gasteiger partial charge < -0.3 is 0 Å². The lowest BCUT2D eigenvalue weighted by atomic mass is 10.2. The van der Waals surface area contributed by atoms with Crippen LogP contribution in [0.3, 0.4) is 0 Å². The molecule has 0 saturated carbocycles. The van der Waals surface area contributed by atoms with Crippen LogP contribution in [0.1, 0.15) is 23.0 Å². The number of thiophene rings is 1. The second kappa shape index (κ2) is 7.55. The van der Waals surface area contributed by atoms with E-state index >= 15 is 0 Å². The van der Waals surface area contributed by atoms with Crippen LogP contribution in [0.25, 0.3) is 15.7 Å². The predicted molar refractivity (Wildman–Crippen MR) is 110 cm³/mol. The number of Topliss-reactive ketones (excluding diaryl/α,β-unsaturated/α-hetero) is 1. The summed E-state index contributed by atoms with van der Waals surface area (Å²) in [5, 5.41) is 8.44. The highest BCUT2D eigenvalue weighted by molar-refractivity contribution is 7.89. The number of nitrogens with one attached hydrogen (secondary N) is 1. The summed E-state index contributed by atoms with van der Waals surface area (Å²) >= 11 is 3.05. The topological polar surface area (TPSA) is 93.4 Å². The summed E-state index contributed by atoms with van der Waals surface area (Å²) in [7, 11) is -3.64. The zero-order valence-corrected chi connectivity index (χ0v) is 17.3. The van der Waals surface area contributed by atoms with Crippen molar-refractivity contribution in [2.75, 3.05) is 6.54 Å². The second-order valence-electron chi connectivity index (χ2n) is 6.06. The fourth-order valence-electron chi connectivity index (χ4n) is 2.67. The van der Waals surface area contributed by atoms with Crippen molar-refractivity contribution in [3.8, 4) is 10.7 Å². The van der Waals surface area contributed by atoms with Crippen molar-refractivity contribution in [1.29, 1.82) is 0 Å². The maximum atomic E-state index is 12.4. The van der Waals surface area contributed by atoms with Gasteiger partial charge in [-0.3, -0.25) is 4.79 Å². The molecule has 4 rings (SSSR count). The normalized spacial score (nSPS) is 11.9. The van der Waals surface area contributed by atoms with E-state index in [0.717, 1.165) is 15.5 Å². The van der Waals surface area contributed by atoms with Crippen LogP contribution in [0.2, 0.25) is 0 Å². The average Bonchev–Trinajstić information content (AvgIpc) is 3.39. The molecule has 0 unspecified atom stereocenters. The van der Waals surface area contributed by atoms with Crippen molar-refractivity contribution < 1.29 is 13.2 Å². The molecule has 0 amide bonds. The number of ketones is 1. The van der Waals surface area contributed by atoms with Crippen molar-refractivity contribution in [3.63, 3.8) is 0 Å². The van der Waals surface area contributed by atoms with Crippen LogP contribution in [0.15, 0.2) is 52.1 Å². The minimum atomic E-state index is -3.64. The van der Waals surface area contributed by atoms with Gasteiger partial charge in [-0.2, -0.15) is 4.98 Å². The van der Waals surface area contributed by atoms with Gasteiger partial charge in [0.15, 0.2) is 11.6 Å². The Hall–Kier alpha value is -2.40. The largest absolute Gasteiger partial charge is 0.295 e. The van der Waals surface area contributed by atoms with E-state index in [9.17, 15) is 13.2 Å². The van der Waals surface area contributed by atoms with Crippen LogP contribution in [0, 0.1) is 0 Å². The average molecular weight is 433 g/mol. The Morgan fingerprint density at radius 3 is 2.64 bits per heavy atom. The monoisotopic (exact) mass is 432 g/mol. The summed E-state index contributed by atoms with van der Waals surface area (Å²) in [6.45, 7) is 1.67. The van der Waals surface area contributed by atoms with E-state index in [0.29, 0.717) is 17.8 Å². The van der Waals surface area contributed by atoms with E-state index in [1.54, 1.807) is 15.9 Å². The van der Waals surface area contributed by atoms with Gasteiger partial charge in [0.05, 0.1) is 15.5 Å². The molecule has 1 N–H and O–H groups in total. The molecule has 0 aliphatic carbocycles. The van der Waals surface area contributed by atoms with E-state index in [1.165, 1.54) is 42.5 Å². The summed E-state index contributed by atoms with van der Waals surface area (Å²) in [6.07, 6.45) is 0.484. The van der Waals surface area contributed by atoms with Crippen molar-refractivity contribution in [1.82, 2.24) is 19.3 Å². The number of carbonyl (C=O) groups is 1. The zero-order valence-electron chi connectivity index (χ0n) is 14.8. The van der Waals surface area contributed by atoms with E-state index in [-0.39, 0.29) is 17.2 Å². The molecule has 7 nitrogen and oxygen atoms in total. The third-order valence-electron chi connectivity index (χ3n) is 4.14. The van der Waals surface area contributed by atoms with Crippen molar-refractivity contribution in [3.05, 3.63) is 58.4 Å². The number of nitrogens with zero attached hydrogens (tertiary/aromatic N) is 3. The summed E-state index contributed by atoms with van der Waals surface area (Å²) in [5.41, 5.74) is 1.37. The first kappa shape index (κ1) is 18.9. The highest BCUT2D eigenvalue weighted by atomic mass is 32.2. The molecule has 1 aromatic carbocycles. The molecule has 0 radical (unpaired) electrons. The van der Waals surface area contributed by atoms with Crippen LogP contribution < -0.4 is 4.72 Å². The third-order valence-corrected chi connectivity index (χ3v) is 7.34. The SMILES string of the molecule is CC(=O)c1ccc(S(=O)(=O)NCCc2csc3nc(-c4cccs4)nn23)cc1. The molecule has 0 spiro atoms. The number of rotatable bonds is 7. The number of benzene rings is 1. The first-order chi connectivity index (χ1) is 13.4. The Labute approximate surface area is 169 Å². The lowest BCUT2D eigenvalue weighted by Gasteiger charge is -2.07. The number of sulfonamides is 1. The van der Waals surface area contributed by atoms with E-state index < -0.39 is 10.0 Å². The van der Waals surface area contributed by atoms with E-state index in [2.05, 4.69) is 14.8 Å². The van der Waals surface area contributed by atoms with Crippen molar-refractivity contribution in [2.45, 2.75) is 18.2 Å². The Kier molecular flexibility index (Phi) is 5.11. The number of thiazole rings is 1. The number of hydrogen-bond donors (Lipinski definition) is 1. The predicted octanol–water partition coefficient (Wildman–Crippen LogP) is 3.24. The van der Waals surface area contributed by atoms with Gasteiger partial charge in [-0.15, -0.1) is 27.8 Å². The quantitative estimate of drug-likeness (QED) is 0.453. The molecule has 0 fully saturated rings. The molecule has 0 bridgehead atoms. The van der Waals surface area contributed by atoms with Gasteiger partial charge >= 0.3 is 0 Å². The molecular formula is C18H16N4O3S3. The molecule has 0 aliphatic rings. The van der Waals surface area contributed by atoms with E-state index in [4.69, 9.17) is 0 Å². The van der Waals surface area contributed by atoms with Gasteiger partial charge in [-0.05, 0) is 30.5 Å².